The molecule has 4 heteroatoms. The van der Waals surface area contributed by atoms with Crippen molar-refractivity contribution in [3.8, 4) is 5.75 Å². The number of amides is 1. The quantitative estimate of drug-likeness (QED) is 0.886. The summed E-state index contributed by atoms with van der Waals surface area (Å²) in [7, 11) is 1.59. The van der Waals surface area contributed by atoms with Crippen LogP contribution in [0.25, 0.3) is 0 Å². The first-order valence-corrected chi connectivity index (χ1v) is 6.84. The fraction of sp³-hybridized carbons (Fsp3) is 0.235. The van der Waals surface area contributed by atoms with E-state index in [0.717, 1.165) is 16.7 Å². The van der Waals surface area contributed by atoms with E-state index in [0.29, 0.717) is 24.4 Å². The lowest BCUT2D eigenvalue weighted by molar-refractivity contribution is 0.0950. The SMILES string of the molecule is COc1cc(C)cc(C(=O)NCc2ccc(CN)cc2)c1. The lowest BCUT2D eigenvalue weighted by Crippen LogP contribution is -2.22. The summed E-state index contributed by atoms with van der Waals surface area (Å²) in [5.74, 6) is 0.576. The average molecular weight is 284 g/mol. The molecule has 0 radical (unpaired) electrons. The van der Waals surface area contributed by atoms with Crippen LogP contribution in [0.1, 0.15) is 27.0 Å². The molecule has 0 bridgehead atoms. The van der Waals surface area contributed by atoms with Crippen molar-refractivity contribution in [3.05, 3.63) is 64.7 Å². The van der Waals surface area contributed by atoms with Gasteiger partial charge in [-0.25, -0.2) is 0 Å². The number of hydrogen-bond acceptors (Lipinski definition) is 3. The molecule has 0 aliphatic rings. The molecule has 0 aliphatic heterocycles. The molecule has 0 aromatic heterocycles. The number of ether oxygens (including phenoxy) is 1. The van der Waals surface area contributed by atoms with Gasteiger partial charge in [-0.15, -0.1) is 0 Å². The topological polar surface area (TPSA) is 64.3 Å². The summed E-state index contributed by atoms with van der Waals surface area (Å²) in [5, 5.41) is 2.91. The van der Waals surface area contributed by atoms with Gasteiger partial charge in [-0.3, -0.25) is 4.79 Å². The summed E-state index contributed by atoms with van der Waals surface area (Å²) in [6, 6.07) is 13.4. The molecular formula is C17H20N2O2. The van der Waals surface area contributed by atoms with Gasteiger partial charge in [-0.2, -0.15) is 0 Å². The van der Waals surface area contributed by atoms with E-state index in [1.54, 1.807) is 13.2 Å². The van der Waals surface area contributed by atoms with Gasteiger partial charge in [-0.1, -0.05) is 24.3 Å². The molecule has 0 aliphatic carbocycles. The number of hydrogen-bond donors (Lipinski definition) is 2. The van der Waals surface area contributed by atoms with Crippen LogP contribution in [-0.2, 0) is 13.1 Å². The van der Waals surface area contributed by atoms with Crippen molar-refractivity contribution >= 4 is 5.91 Å². The average Bonchev–Trinajstić information content (AvgIpc) is 2.52. The number of carbonyl (C=O) groups excluding carboxylic acids is 1. The first-order chi connectivity index (χ1) is 10.1. The maximum atomic E-state index is 12.2. The van der Waals surface area contributed by atoms with E-state index in [1.165, 1.54) is 0 Å². The second-order valence-electron chi connectivity index (χ2n) is 4.94. The van der Waals surface area contributed by atoms with Crippen LogP contribution in [0, 0.1) is 6.92 Å². The fourth-order valence-electron chi connectivity index (χ4n) is 2.07. The molecule has 0 saturated heterocycles. The number of rotatable bonds is 5. The summed E-state index contributed by atoms with van der Waals surface area (Å²) >= 11 is 0. The van der Waals surface area contributed by atoms with Gasteiger partial charge < -0.3 is 15.8 Å². The van der Waals surface area contributed by atoms with Crippen molar-refractivity contribution in [1.82, 2.24) is 5.32 Å². The summed E-state index contributed by atoms with van der Waals surface area (Å²) in [4.78, 5) is 12.2. The second kappa shape index (κ2) is 6.90. The third kappa shape index (κ3) is 4.07. The summed E-state index contributed by atoms with van der Waals surface area (Å²) in [6.45, 7) is 2.94. The van der Waals surface area contributed by atoms with Crippen LogP contribution in [0.5, 0.6) is 5.75 Å². The summed E-state index contributed by atoms with van der Waals surface area (Å²) in [5.41, 5.74) is 9.27. The van der Waals surface area contributed by atoms with Crippen molar-refractivity contribution in [1.29, 1.82) is 0 Å². The van der Waals surface area contributed by atoms with E-state index in [2.05, 4.69) is 5.32 Å². The Morgan fingerprint density at radius 1 is 1.14 bits per heavy atom. The van der Waals surface area contributed by atoms with E-state index < -0.39 is 0 Å². The Labute approximate surface area is 124 Å². The molecule has 0 heterocycles. The van der Waals surface area contributed by atoms with Crippen molar-refractivity contribution in [2.75, 3.05) is 7.11 Å². The highest BCUT2D eigenvalue weighted by molar-refractivity contribution is 5.94. The zero-order valence-electron chi connectivity index (χ0n) is 12.3. The molecule has 0 fully saturated rings. The second-order valence-corrected chi connectivity index (χ2v) is 4.94. The Morgan fingerprint density at radius 3 is 2.43 bits per heavy atom. The van der Waals surface area contributed by atoms with Gasteiger partial charge in [0.25, 0.3) is 5.91 Å². The van der Waals surface area contributed by atoms with Gasteiger partial charge in [0.1, 0.15) is 5.75 Å². The maximum Gasteiger partial charge on any atom is 0.251 e. The molecule has 0 saturated carbocycles. The minimum Gasteiger partial charge on any atom is -0.497 e. The Kier molecular flexibility index (Phi) is 4.95. The first-order valence-electron chi connectivity index (χ1n) is 6.84. The lowest BCUT2D eigenvalue weighted by Gasteiger charge is -2.08. The number of carbonyl (C=O) groups is 1. The van der Waals surface area contributed by atoms with Crippen LogP contribution in [0.3, 0.4) is 0 Å². The van der Waals surface area contributed by atoms with Crippen LogP contribution in [0.4, 0.5) is 0 Å². The van der Waals surface area contributed by atoms with Gasteiger partial charge in [0.2, 0.25) is 0 Å². The van der Waals surface area contributed by atoms with E-state index in [1.807, 2.05) is 43.3 Å². The highest BCUT2D eigenvalue weighted by Crippen LogP contribution is 2.16. The molecule has 2 rings (SSSR count). The number of methoxy groups -OCH3 is 1. The minimum absolute atomic E-state index is 0.111. The molecule has 110 valence electrons. The monoisotopic (exact) mass is 284 g/mol. The molecule has 3 N–H and O–H groups in total. The zero-order chi connectivity index (χ0) is 15.2. The largest absolute Gasteiger partial charge is 0.497 e. The Balaban J connectivity index is 2.02. The van der Waals surface area contributed by atoms with Gasteiger partial charge in [0.05, 0.1) is 7.11 Å². The van der Waals surface area contributed by atoms with E-state index in [-0.39, 0.29) is 5.91 Å². The van der Waals surface area contributed by atoms with Gasteiger partial charge >= 0.3 is 0 Å². The Morgan fingerprint density at radius 2 is 1.81 bits per heavy atom. The Hall–Kier alpha value is -2.33. The molecule has 2 aromatic rings. The molecule has 0 atom stereocenters. The van der Waals surface area contributed by atoms with Crippen molar-refractivity contribution in [2.24, 2.45) is 5.73 Å². The maximum absolute atomic E-state index is 12.2. The smallest absolute Gasteiger partial charge is 0.251 e. The minimum atomic E-state index is -0.111. The molecule has 0 unspecified atom stereocenters. The van der Waals surface area contributed by atoms with Gasteiger partial charge in [0, 0.05) is 18.7 Å². The highest BCUT2D eigenvalue weighted by Gasteiger charge is 2.08. The molecule has 21 heavy (non-hydrogen) atoms. The van der Waals surface area contributed by atoms with Crippen LogP contribution >= 0.6 is 0 Å². The van der Waals surface area contributed by atoms with Gasteiger partial charge in [-0.05, 0) is 41.8 Å². The van der Waals surface area contributed by atoms with Crippen molar-refractivity contribution in [3.63, 3.8) is 0 Å². The standard InChI is InChI=1S/C17H20N2O2/c1-12-7-15(9-16(8-12)21-2)17(20)19-11-14-5-3-13(10-18)4-6-14/h3-9H,10-11,18H2,1-2H3,(H,19,20). The van der Waals surface area contributed by atoms with E-state index in [9.17, 15) is 4.79 Å². The van der Waals surface area contributed by atoms with Crippen molar-refractivity contribution in [2.45, 2.75) is 20.0 Å². The van der Waals surface area contributed by atoms with E-state index in [4.69, 9.17) is 10.5 Å². The normalized spacial score (nSPS) is 10.2. The fourth-order valence-corrected chi connectivity index (χ4v) is 2.07. The predicted octanol–water partition coefficient (Wildman–Crippen LogP) is 2.39. The third-order valence-corrected chi connectivity index (χ3v) is 3.26. The number of benzene rings is 2. The Bertz CT molecular complexity index is 621. The number of nitrogens with two attached hydrogens (primary N) is 1. The van der Waals surface area contributed by atoms with Crippen LogP contribution in [0.2, 0.25) is 0 Å². The van der Waals surface area contributed by atoms with Crippen LogP contribution in [0.15, 0.2) is 42.5 Å². The molecule has 1 amide bonds. The molecular weight excluding hydrogens is 264 g/mol. The highest BCUT2D eigenvalue weighted by atomic mass is 16.5. The van der Waals surface area contributed by atoms with Crippen molar-refractivity contribution < 1.29 is 9.53 Å². The number of aryl methyl sites for hydroxylation is 1. The lowest BCUT2D eigenvalue weighted by atomic mass is 10.1. The van der Waals surface area contributed by atoms with Gasteiger partial charge in [0.15, 0.2) is 0 Å². The summed E-state index contributed by atoms with van der Waals surface area (Å²) < 4.78 is 5.18. The molecule has 2 aromatic carbocycles. The first kappa shape index (κ1) is 15.1. The molecule has 0 spiro atoms. The predicted molar refractivity (Wildman–Crippen MR) is 83.2 cm³/mol. The molecule has 4 nitrogen and oxygen atoms in total. The van der Waals surface area contributed by atoms with E-state index >= 15 is 0 Å². The van der Waals surface area contributed by atoms with Crippen LogP contribution in [-0.4, -0.2) is 13.0 Å². The summed E-state index contributed by atoms with van der Waals surface area (Å²) in [6.07, 6.45) is 0. The van der Waals surface area contributed by atoms with Crippen LogP contribution < -0.4 is 15.8 Å². The third-order valence-electron chi connectivity index (χ3n) is 3.26. The zero-order valence-corrected chi connectivity index (χ0v) is 12.3. The number of nitrogens with one attached hydrogen (secondary N) is 1.